The van der Waals surface area contributed by atoms with Gasteiger partial charge >= 0.3 is 0 Å². The molecule has 0 unspecified atom stereocenters. The summed E-state index contributed by atoms with van der Waals surface area (Å²) in [4.78, 5) is 2.53. The molecule has 1 aromatic rings. The summed E-state index contributed by atoms with van der Waals surface area (Å²) in [6.07, 6.45) is 4.56. The molecule has 0 aliphatic carbocycles. The minimum Gasteiger partial charge on any atom is -0.396 e. The highest BCUT2D eigenvalue weighted by Crippen LogP contribution is 2.17. The van der Waals surface area contributed by atoms with Crippen molar-refractivity contribution in [2.45, 2.75) is 32.2 Å². The van der Waals surface area contributed by atoms with E-state index in [4.69, 9.17) is 5.11 Å². The van der Waals surface area contributed by atoms with Gasteiger partial charge in [0.2, 0.25) is 0 Å². The Hall–Kier alpha value is -0.860. The van der Waals surface area contributed by atoms with Crippen molar-refractivity contribution in [2.24, 2.45) is 0 Å². The zero-order valence-electron chi connectivity index (χ0n) is 9.86. The number of benzene rings is 1. The van der Waals surface area contributed by atoms with Crippen LogP contribution in [0.2, 0.25) is 0 Å². The lowest BCUT2D eigenvalue weighted by Gasteiger charge is -2.17. The lowest BCUT2D eigenvalue weighted by molar-refractivity contribution is 0.288. The summed E-state index contributed by atoms with van der Waals surface area (Å²) in [6.45, 7) is 3.86. The zero-order valence-corrected chi connectivity index (χ0v) is 9.86. The monoisotopic (exact) mass is 219 g/mol. The Balaban J connectivity index is 2.00. The second-order valence-corrected chi connectivity index (χ2v) is 4.58. The third-order valence-electron chi connectivity index (χ3n) is 3.32. The van der Waals surface area contributed by atoms with Crippen molar-refractivity contribution in [3.8, 4) is 0 Å². The predicted molar refractivity (Wildman–Crippen MR) is 66.4 cm³/mol. The van der Waals surface area contributed by atoms with Gasteiger partial charge in [0.25, 0.3) is 0 Å². The summed E-state index contributed by atoms with van der Waals surface area (Å²) in [5.74, 6) is 0. The quantitative estimate of drug-likeness (QED) is 0.820. The van der Waals surface area contributed by atoms with Gasteiger partial charge in [-0.1, -0.05) is 24.3 Å². The summed E-state index contributed by atoms with van der Waals surface area (Å²) < 4.78 is 0. The number of hydrogen-bond donors (Lipinski definition) is 1. The fourth-order valence-electron chi connectivity index (χ4n) is 2.41. The van der Waals surface area contributed by atoms with Gasteiger partial charge in [-0.15, -0.1) is 0 Å². The molecular formula is C14H21NO. The van der Waals surface area contributed by atoms with Crippen LogP contribution in [0, 0.1) is 0 Å². The summed E-state index contributed by atoms with van der Waals surface area (Å²) in [7, 11) is 0. The molecule has 1 saturated heterocycles. The van der Waals surface area contributed by atoms with Crippen LogP contribution in [0.3, 0.4) is 0 Å². The molecule has 1 aliphatic heterocycles. The van der Waals surface area contributed by atoms with E-state index < -0.39 is 0 Å². The highest BCUT2D eigenvalue weighted by atomic mass is 16.2. The molecule has 0 amide bonds. The van der Waals surface area contributed by atoms with E-state index in [1.54, 1.807) is 0 Å². The highest BCUT2D eigenvalue weighted by Gasteiger charge is 2.13. The fraction of sp³-hybridized carbons (Fsp3) is 0.571. The van der Waals surface area contributed by atoms with Gasteiger partial charge in [-0.05, 0) is 49.9 Å². The van der Waals surface area contributed by atoms with E-state index in [9.17, 15) is 0 Å². The van der Waals surface area contributed by atoms with E-state index in [2.05, 4.69) is 29.2 Å². The van der Waals surface area contributed by atoms with E-state index in [1.165, 1.54) is 37.1 Å². The van der Waals surface area contributed by atoms with Crippen LogP contribution >= 0.6 is 0 Å². The first-order valence-corrected chi connectivity index (χ1v) is 6.30. The van der Waals surface area contributed by atoms with Crippen molar-refractivity contribution >= 4 is 0 Å². The van der Waals surface area contributed by atoms with Crippen LogP contribution in [-0.4, -0.2) is 29.7 Å². The average Bonchev–Trinajstić information content (AvgIpc) is 2.81. The standard InChI is InChI=1S/C14H21NO/c16-11-5-8-13-6-1-2-7-14(13)12-15-9-3-4-10-15/h1-2,6-7,16H,3-5,8-12H2. The van der Waals surface area contributed by atoms with Gasteiger partial charge in [0.15, 0.2) is 0 Å². The van der Waals surface area contributed by atoms with Crippen LogP contribution in [0.4, 0.5) is 0 Å². The topological polar surface area (TPSA) is 23.5 Å². The number of rotatable bonds is 5. The molecule has 2 heteroatoms. The van der Waals surface area contributed by atoms with Gasteiger partial charge in [0.1, 0.15) is 0 Å². The van der Waals surface area contributed by atoms with E-state index in [0.29, 0.717) is 0 Å². The van der Waals surface area contributed by atoms with Crippen LogP contribution in [0.15, 0.2) is 24.3 Å². The summed E-state index contributed by atoms with van der Waals surface area (Å²) in [5, 5.41) is 8.89. The molecular weight excluding hydrogens is 198 g/mol. The maximum atomic E-state index is 8.89. The second-order valence-electron chi connectivity index (χ2n) is 4.58. The number of likely N-dealkylation sites (tertiary alicyclic amines) is 1. The number of hydrogen-bond acceptors (Lipinski definition) is 2. The van der Waals surface area contributed by atoms with Crippen LogP contribution in [0.5, 0.6) is 0 Å². The minimum absolute atomic E-state index is 0.290. The van der Waals surface area contributed by atoms with Crippen molar-refractivity contribution in [3.05, 3.63) is 35.4 Å². The van der Waals surface area contributed by atoms with E-state index >= 15 is 0 Å². The fourth-order valence-corrected chi connectivity index (χ4v) is 2.41. The molecule has 1 N–H and O–H groups in total. The van der Waals surface area contributed by atoms with Crippen LogP contribution in [-0.2, 0) is 13.0 Å². The van der Waals surface area contributed by atoms with E-state index in [0.717, 1.165) is 19.4 Å². The SMILES string of the molecule is OCCCc1ccccc1CN1CCCC1. The molecule has 0 spiro atoms. The molecule has 1 aromatic carbocycles. The molecule has 1 heterocycles. The van der Waals surface area contributed by atoms with E-state index in [-0.39, 0.29) is 6.61 Å². The van der Waals surface area contributed by atoms with Gasteiger partial charge in [-0.3, -0.25) is 4.90 Å². The lowest BCUT2D eigenvalue weighted by atomic mass is 10.0. The third kappa shape index (κ3) is 3.06. The Morgan fingerprint density at radius 1 is 1.06 bits per heavy atom. The molecule has 16 heavy (non-hydrogen) atoms. The smallest absolute Gasteiger partial charge is 0.0434 e. The van der Waals surface area contributed by atoms with Gasteiger partial charge in [0, 0.05) is 13.2 Å². The van der Waals surface area contributed by atoms with Gasteiger partial charge in [0.05, 0.1) is 0 Å². The second kappa shape index (κ2) is 6.02. The van der Waals surface area contributed by atoms with Gasteiger partial charge in [-0.2, -0.15) is 0 Å². The molecule has 0 saturated carbocycles. The Labute approximate surface area is 97.9 Å². The van der Waals surface area contributed by atoms with Crippen molar-refractivity contribution in [1.82, 2.24) is 4.90 Å². The van der Waals surface area contributed by atoms with Crippen molar-refractivity contribution in [1.29, 1.82) is 0 Å². The summed E-state index contributed by atoms with van der Waals surface area (Å²) in [5.41, 5.74) is 2.85. The largest absolute Gasteiger partial charge is 0.396 e. The van der Waals surface area contributed by atoms with Crippen LogP contribution in [0.25, 0.3) is 0 Å². The summed E-state index contributed by atoms with van der Waals surface area (Å²) >= 11 is 0. The molecule has 1 fully saturated rings. The zero-order chi connectivity index (χ0) is 11.2. The Morgan fingerprint density at radius 3 is 2.44 bits per heavy atom. The predicted octanol–water partition coefficient (Wildman–Crippen LogP) is 2.21. The Kier molecular flexibility index (Phi) is 4.37. The van der Waals surface area contributed by atoms with Crippen LogP contribution < -0.4 is 0 Å². The molecule has 88 valence electrons. The van der Waals surface area contributed by atoms with Crippen molar-refractivity contribution in [2.75, 3.05) is 19.7 Å². The van der Waals surface area contributed by atoms with Crippen molar-refractivity contribution < 1.29 is 5.11 Å². The Morgan fingerprint density at radius 2 is 1.75 bits per heavy atom. The first-order chi connectivity index (χ1) is 7.90. The molecule has 1 aliphatic rings. The lowest BCUT2D eigenvalue weighted by Crippen LogP contribution is -2.19. The Bertz CT molecular complexity index is 318. The normalized spacial score (nSPS) is 16.8. The third-order valence-corrected chi connectivity index (χ3v) is 3.32. The molecule has 0 bridgehead atoms. The summed E-state index contributed by atoms with van der Waals surface area (Å²) in [6, 6.07) is 8.64. The molecule has 0 aromatic heterocycles. The van der Waals surface area contributed by atoms with E-state index in [1.807, 2.05) is 0 Å². The number of aliphatic hydroxyl groups is 1. The molecule has 0 radical (unpaired) electrons. The van der Waals surface area contributed by atoms with Gasteiger partial charge in [-0.25, -0.2) is 0 Å². The molecule has 0 atom stereocenters. The molecule has 2 rings (SSSR count). The highest BCUT2D eigenvalue weighted by molar-refractivity contribution is 5.27. The van der Waals surface area contributed by atoms with Crippen LogP contribution in [0.1, 0.15) is 30.4 Å². The number of nitrogens with zero attached hydrogens (tertiary/aromatic N) is 1. The van der Waals surface area contributed by atoms with Crippen molar-refractivity contribution in [3.63, 3.8) is 0 Å². The average molecular weight is 219 g/mol. The maximum Gasteiger partial charge on any atom is 0.0434 e. The number of aryl methyl sites for hydroxylation is 1. The first-order valence-electron chi connectivity index (χ1n) is 6.30. The molecule has 2 nitrogen and oxygen atoms in total. The minimum atomic E-state index is 0.290. The maximum absolute atomic E-state index is 8.89. The van der Waals surface area contributed by atoms with Gasteiger partial charge < -0.3 is 5.11 Å². The first kappa shape index (κ1) is 11.6. The number of aliphatic hydroxyl groups excluding tert-OH is 1.